The lowest BCUT2D eigenvalue weighted by atomic mass is 10.0. The molecule has 1 heterocycles. The van der Waals surface area contributed by atoms with Gasteiger partial charge in [-0.1, -0.05) is 18.2 Å². The van der Waals surface area contributed by atoms with Gasteiger partial charge in [-0.2, -0.15) is 0 Å². The fourth-order valence-electron chi connectivity index (χ4n) is 1.86. The standard InChI is InChI=1S/C13H14BrN3/c1-7-5-4-6-8(2)10(7)13-16-9(3)11(14)12(15)17-13/h4-6H,1-3H3,(H2,15,16,17). The third kappa shape index (κ3) is 2.17. The predicted octanol–water partition coefficient (Wildman–Crippen LogP) is 3.41. The van der Waals surface area contributed by atoms with Crippen molar-refractivity contribution in [2.45, 2.75) is 20.8 Å². The number of rotatable bonds is 1. The highest BCUT2D eigenvalue weighted by atomic mass is 79.9. The minimum atomic E-state index is 0.482. The number of halogens is 1. The van der Waals surface area contributed by atoms with Gasteiger partial charge in [0.2, 0.25) is 0 Å². The lowest BCUT2D eigenvalue weighted by Gasteiger charge is -2.10. The third-order valence-electron chi connectivity index (χ3n) is 2.75. The van der Waals surface area contributed by atoms with Gasteiger partial charge in [0.25, 0.3) is 0 Å². The van der Waals surface area contributed by atoms with Crippen LogP contribution < -0.4 is 5.73 Å². The van der Waals surface area contributed by atoms with Crippen LogP contribution in [0.5, 0.6) is 0 Å². The molecule has 0 atom stereocenters. The second-order valence-electron chi connectivity index (χ2n) is 4.10. The predicted molar refractivity (Wildman–Crippen MR) is 73.8 cm³/mol. The molecule has 3 nitrogen and oxygen atoms in total. The first-order chi connectivity index (χ1) is 8.00. The second kappa shape index (κ2) is 4.45. The molecule has 0 amide bonds. The zero-order valence-electron chi connectivity index (χ0n) is 10.1. The van der Waals surface area contributed by atoms with E-state index in [-0.39, 0.29) is 0 Å². The fourth-order valence-corrected chi connectivity index (χ4v) is 2.04. The summed E-state index contributed by atoms with van der Waals surface area (Å²) in [4.78, 5) is 8.83. The van der Waals surface area contributed by atoms with Gasteiger partial charge in [-0.3, -0.25) is 0 Å². The van der Waals surface area contributed by atoms with Crippen molar-refractivity contribution in [1.82, 2.24) is 9.97 Å². The minimum absolute atomic E-state index is 0.482. The first-order valence-corrected chi connectivity index (χ1v) is 6.16. The van der Waals surface area contributed by atoms with E-state index in [4.69, 9.17) is 5.73 Å². The van der Waals surface area contributed by atoms with E-state index < -0.39 is 0 Å². The number of hydrogen-bond acceptors (Lipinski definition) is 3. The van der Waals surface area contributed by atoms with Crippen molar-refractivity contribution in [3.63, 3.8) is 0 Å². The summed E-state index contributed by atoms with van der Waals surface area (Å²) in [5.74, 6) is 1.17. The highest BCUT2D eigenvalue weighted by Gasteiger charge is 2.12. The molecule has 0 aliphatic rings. The van der Waals surface area contributed by atoms with Crippen LogP contribution in [-0.2, 0) is 0 Å². The highest BCUT2D eigenvalue weighted by molar-refractivity contribution is 9.10. The molecule has 0 saturated heterocycles. The number of anilines is 1. The Kier molecular flexibility index (Phi) is 3.15. The summed E-state index contributed by atoms with van der Waals surface area (Å²) < 4.78 is 0.771. The van der Waals surface area contributed by atoms with E-state index in [9.17, 15) is 0 Å². The largest absolute Gasteiger partial charge is 0.383 e. The summed E-state index contributed by atoms with van der Waals surface area (Å²) in [6, 6.07) is 6.14. The summed E-state index contributed by atoms with van der Waals surface area (Å²) in [5, 5.41) is 0. The van der Waals surface area contributed by atoms with Crippen molar-refractivity contribution in [2.24, 2.45) is 0 Å². The highest BCUT2D eigenvalue weighted by Crippen LogP contribution is 2.28. The second-order valence-corrected chi connectivity index (χ2v) is 4.89. The van der Waals surface area contributed by atoms with E-state index in [2.05, 4.69) is 51.9 Å². The average molecular weight is 292 g/mol. The van der Waals surface area contributed by atoms with Crippen LogP contribution in [0, 0.1) is 20.8 Å². The Hall–Kier alpha value is -1.42. The van der Waals surface area contributed by atoms with E-state index in [1.807, 2.05) is 13.0 Å². The van der Waals surface area contributed by atoms with E-state index in [1.165, 1.54) is 0 Å². The molecule has 0 saturated carbocycles. The first kappa shape index (κ1) is 12.0. The molecule has 4 heteroatoms. The molecule has 17 heavy (non-hydrogen) atoms. The molecule has 0 aliphatic carbocycles. The zero-order chi connectivity index (χ0) is 12.6. The number of hydrogen-bond donors (Lipinski definition) is 1. The quantitative estimate of drug-likeness (QED) is 0.876. The van der Waals surface area contributed by atoms with Gasteiger partial charge in [0.1, 0.15) is 5.82 Å². The molecular weight excluding hydrogens is 278 g/mol. The molecule has 2 N–H and O–H groups in total. The van der Waals surface area contributed by atoms with Gasteiger partial charge >= 0.3 is 0 Å². The topological polar surface area (TPSA) is 51.8 Å². The number of nitrogen functional groups attached to an aromatic ring is 1. The molecule has 1 aromatic carbocycles. The van der Waals surface area contributed by atoms with Crippen LogP contribution in [0.4, 0.5) is 5.82 Å². The van der Waals surface area contributed by atoms with E-state index in [0.717, 1.165) is 26.9 Å². The van der Waals surface area contributed by atoms with Gasteiger partial charge in [-0.15, -0.1) is 0 Å². The Morgan fingerprint density at radius 2 is 1.65 bits per heavy atom. The molecule has 0 fully saturated rings. The Morgan fingerprint density at radius 3 is 2.18 bits per heavy atom. The maximum Gasteiger partial charge on any atom is 0.162 e. The molecule has 0 aliphatic heterocycles. The normalized spacial score (nSPS) is 10.6. The van der Waals surface area contributed by atoms with Crippen molar-refractivity contribution < 1.29 is 0 Å². The lowest BCUT2D eigenvalue weighted by molar-refractivity contribution is 1.09. The van der Waals surface area contributed by atoms with Crippen molar-refractivity contribution in [3.05, 3.63) is 39.5 Å². The summed E-state index contributed by atoms with van der Waals surface area (Å²) in [6.45, 7) is 6.03. The molecular formula is C13H14BrN3. The number of nitrogens with two attached hydrogens (primary N) is 1. The Morgan fingerprint density at radius 1 is 1.06 bits per heavy atom. The van der Waals surface area contributed by atoms with Gasteiger partial charge in [0.15, 0.2) is 5.82 Å². The molecule has 0 bridgehead atoms. The van der Waals surface area contributed by atoms with Crippen LogP contribution in [-0.4, -0.2) is 9.97 Å². The van der Waals surface area contributed by atoms with Crippen molar-refractivity contribution >= 4 is 21.7 Å². The van der Waals surface area contributed by atoms with Crippen LogP contribution in [0.25, 0.3) is 11.4 Å². The maximum absolute atomic E-state index is 5.86. The zero-order valence-corrected chi connectivity index (χ0v) is 11.7. The van der Waals surface area contributed by atoms with Gasteiger partial charge < -0.3 is 5.73 Å². The van der Waals surface area contributed by atoms with Gasteiger partial charge in [-0.25, -0.2) is 9.97 Å². The smallest absolute Gasteiger partial charge is 0.162 e. The molecule has 0 unspecified atom stereocenters. The molecule has 0 spiro atoms. The molecule has 2 rings (SSSR count). The maximum atomic E-state index is 5.86. The van der Waals surface area contributed by atoms with Crippen molar-refractivity contribution in [3.8, 4) is 11.4 Å². The lowest BCUT2D eigenvalue weighted by Crippen LogP contribution is -2.02. The molecule has 0 radical (unpaired) electrons. The van der Waals surface area contributed by atoms with Gasteiger partial charge in [0, 0.05) is 5.56 Å². The monoisotopic (exact) mass is 291 g/mol. The van der Waals surface area contributed by atoms with Crippen molar-refractivity contribution in [2.75, 3.05) is 5.73 Å². The Bertz CT molecular complexity index is 536. The Labute approximate surface area is 109 Å². The fraction of sp³-hybridized carbons (Fsp3) is 0.231. The van der Waals surface area contributed by atoms with E-state index in [1.54, 1.807) is 0 Å². The molecule has 1 aromatic heterocycles. The summed E-state index contributed by atoms with van der Waals surface area (Å²) >= 11 is 3.37. The number of aryl methyl sites for hydroxylation is 3. The molecule has 88 valence electrons. The van der Waals surface area contributed by atoms with Gasteiger partial charge in [-0.05, 0) is 47.8 Å². The molecule has 2 aromatic rings. The van der Waals surface area contributed by atoms with Crippen LogP contribution >= 0.6 is 15.9 Å². The SMILES string of the molecule is Cc1cccc(C)c1-c1nc(C)c(Br)c(N)n1. The van der Waals surface area contributed by atoms with Crippen LogP contribution in [0.15, 0.2) is 22.7 Å². The Balaban J connectivity index is 2.69. The summed E-state index contributed by atoms with van der Waals surface area (Å²) in [7, 11) is 0. The summed E-state index contributed by atoms with van der Waals surface area (Å²) in [6.07, 6.45) is 0. The minimum Gasteiger partial charge on any atom is -0.383 e. The third-order valence-corrected chi connectivity index (χ3v) is 3.73. The van der Waals surface area contributed by atoms with E-state index >= 15 is 0 Å². The number of aromatic nitrogens is 2. The van der Waals surface area contributed by atoms with Gasteiger partial charge in [0.05, 0.1) is 10.2 Å². The van der Waals surface area contributed by atoms with Crippen molar-refractivity contribution in [1.29, 1.82) is 0 Å². The van der Waals surface area contributed by atoms with E-state index in [0.29, 0.717) is 11.6 Å². The number of nitrogens with zero attached hydrogens (tertiary/aromatic N) is 2. The average Bonchev–Trinajstić information content (AvgIpc) is 2.25. The number of benzene rings is 1. The van der Waals surface area contributed by atoms with Crippen LogP contribution in [0.1, 0.15) is 16.8 Å². The van der Waals surface area contributed by atoms with Crippen LogP contribution in [0.2, 0.25) is 0 Å². The summed E-state index contributed by atoms with van der Waals surface area (Å²) in [5.41, 5.74) is 10.1. The first-order valence-electron chi connectivity index (χ1n) is 5.37. The van der Waals surface area contributed by atoms with Crippen LogP contribution in [0.3, 0.4) is 0 Å².